The van der Waals surface area contributed by atoms with Crippen LogP contribution in [-0.2, 0) is 0 Å². The highest BCUT2D eigenvalue weighted by Gasteiger charge is 2.25. The normalized spacial score (nSPS) is 14.9. The summed E-state index contributed by atoms with van der Waals surface area (Å²) in [6.45, 7) is 5.28. The van der Waals surface area contributed by atoms with Crippen LogP contribution >= 0.6 is 0 Å². The molecular weight excluding hydrogens is 366 g/mol. The largest absolute Gasteiger partial charge is 0.491 e. The van der Waals surface area contributed by atoms with Crippen molar-refractivity contribution in [3.63, 3.8) is 0 Å². The zero-order valence-corrected chi connectivity index (χ0v) is 16.7. The van der Waals surface area contributed by atoms with Gasteiger partial charge in [-0.2, -0.15) is 5.10 Å². The molecule has 3 aromatic rings. The molecule has 0 aliphatic carbocycles. The Kier molecular flexibility index (Phi) is 5.60. The second-order valence-corrected chi connectivity index (χ2v) is 7.54. The minimum Gasteiger partial charge on any atom is -0.491 e. The maximum absolute atomic E-state index is 12.8. The topological polar surface area (TPSA) is 64.5 Å². The lowest BCUT2D eigenvalue weighted by atomic mass is 10.1. The average Bonchev–Trinajstić information content (AvgIpc) is 2.74. The number of likely N-dealkylation sites (tertiary alicyclic amines) is 1. The molecule has 0 spiro atoms. The number of piperidine rings is 1. The lowest BCUT2D eigenvalue weighted by Gasteiger charge is -2.32. The van der Waals surface area contributed by atoms with Crippen molar-refractivity contribution >= 4 is 16.7 Å². The third kappa shape index (κ3) is 4.47. The van der Waals surface area contributed by atoms with Crippen molar-refractivity contribution in [3.8, 4) is 11.6 Å². The quantitative estimate of drug-likeness (QED) is 0.655. The van der Waals surface area contributed by atoms with Crippen LogP contribution in [0.5, 0.6) is 11.6 Å². The molecule has 2 aromatic carbocycles. The molecule has 4 rings (SSSR count). The zero-order valence-electron chi connectivity index (χ0n) is 16.7. The highest BCUT2D eigenvalue weighted by atomic mass is 16.5. The van der Waals surface area contributed by atoms with E-state index in [4.69, 9.17) is 9.47 Å². The molecule has 1 amide bonds. The van der Waals surface area contributed by atoms with Crippen molar-refractivity contribution in [1.82, 2.24) is 15.1 Å². The summed E-state index contributed by atoms with van der Waals surface area (Å²) >= 11 is 0. The van der Waals surface area contributed by atoms with E-state index in [-0.39, 0.29) is 18.1 Å². The van der Waals surface area contributed by atoms with Gasteiger partial charge in [-0.3, -0.25) is 4.79 Å². The predicted octanol–water partition coefficient (Wildman–Crippen LogP) is 4.10. The molecule has 1 aliphatic rings. The number of hydrogen-bond acceptors (Lipinski definition) is 5. The van der Waals surface area contributed by atoms with Crippen molar-refractivity contribution < 1.29 is 14.3 Å². The number of nitrogens with zero attached hydrogens (tertiary/aromatic N) is 3. The molecule has 1 aromatic heterocycles. The smallest absolute Gasteiger partial charge is 0.253 e. The van der Waals surface area contributed by atoms with Crippen molar-refractivity contribution in [1.29, 1.82) is 0 Å². The Morgan fingerprint density at radius 1 is 1.07 bits per heavy atom. The van der Waals surface area contributed by atoms with Crippen LogP contribution in [0.15, 0.2) is 54.7 Å². The summed E-state index contributed by atoms with van der Waals surface area (Å²) in [5, 5.41) is 10.2. The van der Waals surface area contributed by atoms with Gasteiger partial charge in [0.05, 0.1) is 12.3 Å². The van der Waals surface area contributed by atoms with Gasteiger partial charge in [0.1, 0.15) is 11.9 Å². The summed E-state index contributed by atoms with van der Waals surface area (Å²) < 4.78 is 11.8. The molecule has 1 saturated heterocycles. The van der Waals surface area contributed by atoms with E-state index >= 15 is 0 Å². The number of carbonyl (C=O) groups excluding carboxylic acids is 1. The second kappa shape index (κ2) is 8.47. The maximum Gasteiger partial charge on any atom is 0.253 e. The van der Waals surface area contributed by atoms with Crippen molar-refractivity contribution in [2.45, 2.75) is 38.9 Å². The number of carbonyl (C=O) groups is 1. The van der Waals surface area contributed by atoms with Gasteiger partial charge in [0.2, 0.25) is 5.88 Å². The molecular formula is C23H25N3O3. The first kappa shape index (κ1) is 19.2. The fourth-order valence-electron chi connectivity index (χ4n) is 3.55. The first-order valence-corrected chi connectivity index (χ1v) is 10.0. The van der Waals surface area contributed by atoms with E-state index in [2.05, 4.69) is 10.2 Å². The van der Waals surface area contributed by atoms with E-state index in [1.807, 2.05) is 67.3 Å². The van der Waals surface area contributed by atoms with Gasteiger partial charge in [0.15, 0.2) is 0 Å². The lowest BCUT2D eigenvalue weighted by molar-refractivity contribution is 0.0589. The Bertz CT molecular complexity index is 975. The Morgan fingerprint density at radius 3 is 2.52 bits per heavy atom. The fourth-order valence-corrected chi connectivity index (χ4v) is 3.55. The molecule has 150 valence electrons. The van der Waals surface area contributed by atoms with Gasteiger partial charge >= 0.3 is 0 Å². The lowest BCUT2D eigenvalue weighted by Crippen LogP contribution is -2.41. The Morgan fingerprint density at radius 2 is 1.79 bits per heavy atom. The van der Waals surface area contributed by atoms with Gasteiger partial charge in [-0.1, -0.05) is 18.2 Å². The molecule has 0 radical (unpaired) electrons. The molecule has 0 N–H and O–H groups in total. The number of rotatable bonds is 5. The van der Waals surface area contributed by atoms with Crippen LogP contribution in [0.1, 0.15) is 37.0 Å². The third-order valence-corrected chi connectivity index (χ3v) is 5.02. The van der Waals surface area contributed by atoms with Gasteiger partial charge in [-0.15, -0.1) is 5.10 Å². The maximum atomic E-state index is 12.8. The summed E-state index contributed by atoms with van der Waals surface area (Å²) in [6, 6.07) is 15.3. The van der Waals surface area contributed by atoms with Crippen LogP contribution in [0.2, 0.25) is 0 Å². The molecule has 6 heteroatoms. The van der Waals surface area contributed by atoms with Crippen LogP contribution in [0.4, 0.5) is 0 Å². The van der Waals surface area contributed by atoms with Crippen LogP contribution < -0.4 is 9.47 Å². The summed E-state index contributed by atoms with van der Waals surface area (Å²) in [6.07, 6.45) is 3.42. The van der Waals surface area contributed by atoms with E-state index in [0.717, 1.165) is 29.4 Å². The van der Waals surface area contributed by atoms with Crippen LogP contribution in [0.3, 0.4) is 0 Å². The molecule has 0 bridgehead atoms. The number of amides is 1. The predicted molar refractivity (Wildman–Crippen MR) is 111 cm³/mol. The number of ether oxygens (including phenoxy) is 2. The molecule has 0 saturated carbocycles. The molecule has 2 heterocycles. The van der Waals surface area contributed by atoms with E-state index in [0.29, 0.717) is 24.5 Å². The number of fused-ring (bicyclic) bond motifs is 1. The van der Waals surface area contributed by atoms with Gasteiger partial charge in [-0.05, 0) is 44.2 Å². The Hall–Kier alpha value is -3.15. The summed E-state index contributed by atoms with van der Waals surface area (Å²) in [7, 11) is 0. The zero-order chi connectivity index (χ0) is 20.2. The van der Waals surface area contributed by atoms with Gasteiger partial charge in [0.25, 0.3) is 5.91 Å². The van der Waals surface area contributed by atoms with Crippen molar-refractivity contribution in [2.24, 2.45) is 0 Å². The SMILES string of the molecule is CC(C)Oc1ccc(C(=O)N2CCC(Oc3nncc4ccccc34)CC2)cc1. The van der Waals surface area contributed by atoms with E-state index in [9.17, 15) is 4.79 Å². The van der Waals surface area contributed by atoms with E-state index in [1.54, 1.807) is 6.20 Å². The van der Waals surface area contributed by atoms with Gasteiger partial charge < -0.3 is 14.4 Å². The minimum atomic E-state index is 0.0287. The second-order valence-electron chi connectivity index (χ2n) is 7.54. The van der Waals surface area contributed by atoms with Crippen LogP contribution in [-0.4, -0.2) is 46.3 Å². The molecule has 1 aliphatic heterocycles. The molecule has 29 heavy (non-hydrogen) atoms. The van der Waals surface area contributed by atoms with Crippen molar-refractivity contribution in [2.75, 3.05) is 13.1 Å². The van der Waals surface area contributed by atoms with E-state index in [1.165, 1.54) is 0 Å². The van der Waals surface area contributed by atoms with Crippen LogP contribution in [0, 0.1) is 0 Å². The molecule has 1 fully saturated rings. The highest BCUT2D eigenvalue weighted by molar-refractivity contribution is 5.94. The van der Waals surface area contributed by atoms with Crippen LogP contribution in [0.25, 0.3) is 10.8 Å². The van der Waals surface area contributed by atoms with Gasteiger partial charge in [-0.25, -0.2) is 0 Å². The first-order chi connectivity index (χ1) is 14.1. The minimum absolute atomic E-state index is 0.0287. The first-order valence-electron chi connectivity index (χ1n) is 10.0. The number of benzene rings is 2. The molecule has 6 nitrogen and oxygen atoms in total. The third-order valence-electron chi connectivity index (χ3n) is 5.02. The average molecular weight is 391 g/mol. The standard InChI is InChI=1S/C23H25N3O3/c1-16(2)28-19-9-7-17(8-10-19)23(27)26-13-11-20(12-14-26)29-22-21-6-4-3-5-18(21)15-24-25-22/h3-10,15-16,20H,11-14H2,1-2H3. The summed E-state index contributed by atoms with van der Waals surface area (Å²) in [5.74, 6) is 1.39. The fraction of sp³-hybridized carbons (Fsp3) is 0.348. The monoisotopic (exact) mass is 391 g/mol. The molecule has 0 unspecified atom stereocenters. The number of aromatic nitrogens is 2. The van der Waals surface area contributed by atoms with Gasteiger partial charge in [0, 0.05) is 42.3 Å². The van der Waals surface area contributed by atoms with Crippen molar-refractivity contribution in [3.05, 3.63) is 60.3 Å². The van der Waals surface area contributed by atoms with E-state index < -0.39 is 0 Å². The Balaban J connectivity index is 1.36. The summed E-state index contributed by atoms with van der Waals surface area (Å²) in [4.78, 5) is 14.7. The molecule has 0 atom stereocenters. The highest BCUT2D eigenvalue weighted by Crippen LogP contribution is 2.25. The Labute approximate surface area is 170 Å². The number of hydrogen-bond donors (Lipinski definition) is 0. The summed E-state index contributed by atoms with van der Waals surface area (Å²) in [5.41, 5.74) is 0.681.